The van der Waals surface area contributed by atoms with Gasteiger partial charge in [-0.2, -0.15) is 0 Å². The third-order valence-corrected chi connectivity index (χ3v) is 4.00. The fraction of sp³-hybridized carbons (Fsp3) is 0.278. The summed E-state index contributed by atoms with van der Waals surface area (Å²) in [7, 11) is 1.72. The number of rotatable bonds is 3. The minimum Gasteiger partial charge on any atom is -0.496 e. The Labute approximate surface area is 125 Å². The van der Waals surface area contributed by atoms with Crippen molar-refractivity contribution in [3.05, 3.63) is 59.0 Å². The summed E-state index contributed by atoms with van der Waals surface area (Å²) in [5, 5.41) is 1.26. The molecule has 1 aromatic carbocycles. The van der Waals surface area contributed by atoms with Crippen molar-refractivity contribution in [3.63, 3.8) is 0 Å². The summed E-state index contributed by atoms with van der Waals surface area (Å²) in [6, 6.07) is 8.67. The van der Waals surface area contributed by atoms with Crippen LogP contribution >= 0.6 is 0 Å². The number of methoxy groups -OCH3 is 1. The van der Waals surface area contributed by atoms with Gasteiger partial charge in [-0.3, -0.25) is 4.98 Å². The van der Waals surface area contributed by atoms with Crippen LogP contribution in [-0.2, 0) is 6.54 Å². The molecule has 0 N–H and O–H groups in total. The van der Waals surface area contributed by atoms with E-state index in [-0.39, 0.29) is 0 Å². The summed E-state index contributed by atoms with van der Waals surface area (Å²) in [6.07, 6.45) is 4.01. The van der Waals surface area contributed by atoms with Crippen LogP contribution in [0.4, 0.5) is 0 Å². The Hall–Kier alpha value is -2.29. The van der Waals surface area contributed by atoms with Gasteiger partial charge >= 0.3 is 0 Å². The molecular weight excluding hydrogens is 260 g/mol. The molecule has 0 aliphatic carbocycles. The predicted octanol–water partition coefficient (Wildman–Crippen LogP) is 4.02. The van der Waals surface area contributed by atoms with E-state index in [4.69, 9.17) is 4.74 Å². The van der Waals surface area contributed by atoms with Gasteiger partial charge in [0, 0.05) is 29.0 Å². The van der Waals surface area contributed by atoms with Crippen LogP contribution in [0.15, 0.2) is 36.7 Å². The normalized spacial score (nSPS) is 11.0. The molecule has 0 saturated heterocycles. The summed E-state index contributed by atoms with van der Waals surface area (Å²) < 4.78 is 7.74. The highest BCUT2D eigenvalue weighted by atomic mass is 16.5. The number of aromatic nitrogens is 2. The van der Waals surface area contributed by atoms with Crippen LogP contribution in [0, 0.1) is 20.8 Å². The van der Waals surface area contributed by atoms with Gasteiger partial charge in [-0.1, -0.05) is 12.1 Å². The summed E-state index contributed by atoms with van der Waals surface area (Å²) in [6.45, 7) is 6.98. The maximum atomic E-state index is 5.49. The molecule has 3 aromatic rings. The third kappa shape index (κ3) is 2.40. The smallest absolute Gasteiger partial charge is 0.128 e. The van der Waals surface area contributed by atoms with Gasteiger partial charge in [0.05, 0.1) is 19.3 Å². The lowest BCUT2D eigenvalue weighted by molar-refractivity contribution is 0.406. The molecule has 3 rings (SSSR count). The lowest BCUT2D eigenvalue weighted by atomic mass is 10.1. The summed E-state index contributed by atoms with van der Waals surface area (Å²) in [5.74, 6) is 0.938. The van der Waals surface area contributed by atoms with E-state index >= 15 is 0 Å². The molecule has 0 atom stereocenters. The number of ether oxygens (including phenoxy) is 1. The van der Waals surface area contributed by atoms with E-state index in [1.54, 1.807) is 7.11 Å². The summed E-state index contributed by atoms with van der Waals surface area (Å²) >= 11 is 0. The number of fused-ring (bicyclic) bond motifs is 1. The van der Waals surface area contributed by atoms with Gasteiger partial charge in [-0.15, -0.1) is 0 Å². The van der Waals surface area contributed by atoms with Crippen molar-refractivity contribution in [3.8, 4) is 5.75 Å². The third-order valence-electron chi connectivity index (χ3n) is 4.00. The molecule has 0 radical (unpaired) electrons. The fourth-order valence-corrected chi connectivity index (χ4v) is 2.82. The van der Waals surface area contributed by atoms with Gasteiger partial charge in [0.2, 0.25) is 0 Å². The van der Waals surface area contributed by atoms with Gasteiger partial charge in [0.15, 0.2) is 0 Å². The largest absolute Gasteiger partial charge is 0.496 e. The van der Waals surface area contributed by atoms with E-state index in [1.165, 1.54) is 16.5 Å². The van der Waals surface area contributed by atoms with E-state index in [0.29, 0.717) is 0 Å². The molecule has 21 heavy (non-hydrogen) atoms. The van der Waals surface area contributed by atoms with E-state index in [9.17, 15) is 0 Å². The van der Waals surface area contributed by atoms with Crippen molar-refractivity contribution in [2.75, 3.05) is 7.11 Å². The number of nitrogens with zero attached hydrogens (tertiary/aromatic N) is 2. The number of benzene rings is 1. The highest BCUT2D eigenvalue weighted by Crippen LogP contribution is 2.26. The second kappa shape index (κ2) is 5.24. The molecule has 3 nitrogen and oxygen atoms in total. The lowest BCUT2D eigenvalue weighted by Crippen LogP contribution is -2.05. The van der Waals surface area contributed by atoms with Crippen molar-refractivity contribution in [2.24, 2.45) is 0 Å². The van der Waals surface area contributed by atoms with Gasteiger partial charge in [-0.05, 0) is 43.9 Å². The zero-order valence-corrected chi connectivity index (χ0v) is 13.0. The minimum atomic E-state index is 0.759. The Morgan fingerprint density at radius 2 is 1.95 bits per heavy atom. The van der Waals surface area contributed by atoms with Crippen molar-refractivity contribution < 1.29 is 4.74 Å². The molecule has 2 heterocycles. The van der Waals surface area contributed by atoms with Gasteiger partial charge in [0.1, 0.15) is 5.75 Å². The maximum Gasteiger partial charge on any atom is 0.128 e. The Bertz CT molecular complexity index is 802. The van der Waals surface area contributed by atoms with E-state index in [0.717, 1.165) is 29.1 Å². The molecule has 3 heteroatoms. The first-order chi connectivity index (χ1) is 10.1. The van der Waals surface area contributed by atoms with Crippen LogP contribution in [0.1, 0.15) is 22.4 Å². The van der Waals surface area contributed by atoms with Gasteiger partial charge < -0.3 is 9.30 Å². The number of aryl methyl sites for hydroxylation is 2. The molecule has 0 bridgehead atoms. The maximum absolute atomic E-state index is 5.49. The standard InChI is InChI=1S/C18H20N2O/c1-12-5-6-15-7-8-20(17(15)9-12)11-16-14(3)18(21-4)13(2)10-19-16/h5-10H,11H2,1-4H3. The Kier molecular flexibility index (Phi) is 3.42. The van der Waals surface area contributed by atoms with Crippen LogP contribution in [-0.4, -0.2) is 16.7 Å². The second-order valence-corrected chi connectivity index (χ2v) is 5.55. The monoisotopic (exact) mass is 280 g/mol. The molecule has 0 aliphatic rings. The average molecular weight is 280 g/mol. The van der Waals surface area contributed by atoms with E-state index in [1.807, 2.05) is 13.1 Å². The molecule has 0 amide bonds. The lowest BCUT2D eigenvalue weighted by Gasteiger charge is -2.13. The highest BCUT2D eigenvalue weighted by molar-refractivity contribution is 5.80. The van der Waals surface area contributed by atoms with Crippen molar-refractivity contribution in [2.45, 2.75) is 27.3 Å². The molecule has 0 unspecified atom stereocenters. The quantitative estimate of drug-likeness (QED) is 0.724. The Morgan fingerprint density at radius 1 is 1.14 bits per heavy atom. The molecule has 2 aromatic heterocycles. The van der Waals surface area contributed by atoms with Crippen LogP contribution < -0.4 is 4.74 Å². The predicted molar refractivity (Wildman–Crippen MR) is 86.0 cm³/mol. The first kappa shape index (κ1) is 13.7. The molecular formula is C18H20N2O. The first-order valence-corrected chi connectivity index (χ1v) is 7.14. The van der Waals surface area contributed by atoms with Crippen molar-refractivity contribution in [1.82, 2.24) is 9.55 Å². The average Bonchev–Trinajstić information content (AvgIpc) is 2.85. The number of pyridine rings is 1. The number of hydrogen-bond donors (Lipinski definition) is 0. The van der Waals surface area contributed by atoms with Gasteiger partial charge in [-0.25, -0.2) is 0 Å². The minimum absolute atomic E-state index is 0.759. The summed E-state index contributed by atoms with van der Waals surface area (Å²) in [5.41, 5.74) is 5.76. The molecule has 0 saturated carbocycles. The SMILES string of the molecule is COc1c(C)cnc(Cn2ccc3ccc(C)cc32)c1C. The summed E-state index contributed by atoms with van der Waals surface area (Å²) in [4.78, 5) is 4.59. The fourth-order valence-electron chi connectivity index (χ4n) is 2.82. The Balaban J connectivity index is 2.05. The molecule has 108 valence electrons. The van der Waals surface area contributed by atoms with Crippen LogP contribution in [0.25, 0.3) is 10.9 Å². The highest BCUT2D eigenvalue weighted by Gasteiger charge is 2.11. The van der Waals surface area contributed by atoms with E-state index < -0.39 is 0 Å². The van der Waals surface area contributed by atoms with Crippen LogP contribution in [0.2, 0.25) is 0 Å². The first-order valence-electron chi connectivity index (χ1n) is 7.14. The number of hydrogen-bond acceptors (Lipinski definition) is 2. The van der Waals surface area contributed by atoms with Crippen molar-refractivity contribution in [1.29, 1.82) is 0 Å². The van der Waals surface area contributed by atoms with Gasteiger partial charge in [0.25, 0.3) is 0 Å². The molecule has 0 aliphatic heterocycles. The van der Waals surface area contributed by atoms with Crippen LogP contribution in [0.5, 0.6) is 5.75 Å². The van der Waals surface area contributed by atoms with Crippen molar-refractivity contribution >= 4 is 10.9 Å². The molecule has 0 spiro atoms. The van der Waals surface area contributed by atoms with E-state index in [2.05, 4.69) is 53.9 Å². The topological polar surface area (TPSA) is 27.1 Å². The zero-order valence-electron chi connectivity index (χ0n) is 13.0. The Morgan fingerprint density at radius 3 is 2.71 bits per heavy atom. The molecule has 0 fully saturated rings. The second-order valence-electron chi connectivity index (χ2n) is 5.55. The van der Waals surface area contributed by atoms with Crippen LogP contribution in [0.3, 0.4) is 0 Å². The zero-order chi connectivity index (χ0) is 15.0.